The van der Waals surface area contributed by atoms with Crippen LogP contribution in [0.15, 0.2) is 47.4 Å². The van der Waals surface area contributed by atoms with Crippen molar-refractivity contribution in [2.24, 2.45) is 4.99 Å². The Hall–Kier alpha value is -2.18. The molecule has 0 N–H and O–H groups in total. The second kappa shape index (κ2) is 7.99. The molecule has 0 aliphatic carbocycles. The summed E-state index contributed by atoms with van der Waals surface area (Å²) in [7, 11) is 2.28. The Bertz CT molecular complexity index is 947. The molecule has 4 fully saturated rings. The van der Waals surface area contributed by atoms with E-state index in [1.165, 1.54) is 50.2 Å². The van der Waals surface area contributed by atoms with E-state index in [9.17, 15) is 0 Å². The monoisotopic (exact) mass is 433 g/mol. The van der Waals surface area contributed by atoms with E-state index in [4.69, 9.17) is 14.7 Å². The third-order valence-corrected chi connectivity index (χ3v) is 8.47. The van der Waals surface area contributed by atoms with Crippen LogP contribution in [0.4, 0.5) is 0 Å². The zero-order valence-electron chi connectivity index (χ0n) is 19.4. The van der Waals surface area contributed by atoms with E-state index in [-0.39, 0.29) is 11.6 Å². The molecule has 170 valence electrons. The summed E-state index contributed by atoms with van der Waals surface area (Å²) in [6.07, 6.45) is 15.4. The Morgan fingerprint density at radius 2 is 1.94 bits per heavy atom. The van der Waals surface area contributed by atoms with Gasteiger partial charge >= 0.3 is 0 Å². The summed E-state index contributed by atoms with van der Waals surface area (Å²) in [4.78, 5) is 17.4. The van der Waals surface area contributed by atoms with Crippen molar-refractivity contribution in [1.29, 1.82) is 0 Å². The van der Waals surface area contributed by atoms with Gasteiger partial charge in [-0.2, -0.15) is 0 Å². The zero-order chi connectivity index (χ0) is 21.7. The number of pyridine rings is 1. The summed E-state index contributed by atoms with van der Waals surface area (Å²) in [5.41, 5.74) is 2.55. The van der Waals surface area contributed by atoms with Crippen molar-refractivity contribution in [2.75, 3.05) is 33.2 Å². The molecule has 1 aromatic heterocycles. The van der Waals surface area contributed by atoms with Crippen molar-refractivity contribution in [3.8, 4) is 0 Å². The van der Waals surface area contributed by atoms with E-state index >= 15 is 0 Å². The number of piperidine rings is 4. The lowest BCUT2D eigenvalue weighted by Gasteiger charge is -2.49. The smallest absolute Gasteiger partial charge is 0.195 e. The molecule has 7 heterocycles. The fourth-order valence-corrected chi connectivity index (χ4v) is 6.47. The predicted octanol–water partition coefficient (Wildman–Crippen LogP) is 3.66. The molecular weight excluding hydrogens is 398 g/mol. The minimum atomic E-state index is 0.0260. The number of allylic oxidation sites excluding steroid dienone is 2. The van der Waals surface area contributed by atoms with Gasteiger partial charge in [-0.15, -0.1) is 0 Å². The number of fused-ring (bicyclic) bond motifs is 4. The van der Waals surface area contributed by atoms with Gasteiger partial charge in [0, 0.05) is 31.9 Å². The molecule has 6 aliphatic heterocycles. The van der Waals surface area contributed by atoms with Crippen molar-refractivity contribution in [3.05, 3.63) is 53.7 Å². The standard InChI is InChI=1S/C26H35N5O/c1-19-6-5-14-27-25(19)22-8-3-7-21(29(22)2)20-18-31-23(28-20)9-4-10-24(31)32-26-11-15-30(16-12-26)17-13-26/h4-6,9-10,14,20-22H,3,7-8,11-13,15-18H2,1-2H3/t20?,21-,22+/m1/s1. The summed E-state index contributed by atoms with van der Waals surface area (Å²) in [6, 6.07) is 5.29. The lowest BCUT2D eigenvalue weighted by molar-refractivity contribution is -0.105. The molecule has 1 aromatic rings. The van der Waals surface area contributed by atoms with E-state index in [1.54, 1.807) is 0 Å². The Morgan fingerprint density at radius 1 is 1.12 bits per heavy atom. The summed E-state index contributed by atoms with van der Waals surface area (Å²) in [6.45, 7) is 6.62. The van der Waals surface area contributed by atoms with Gasteiger partial charge in [-0.05, 0) is 76.3 Å². The maximum absolute atomic E-state index is 6.79. The van der Waals surface area contributed by atoms with Crippen LogP contribution in [-0.2, 0) is 4.74 Å². The molecule has 2 bridgehead atoms. The van der Waals surface area contributed by atoms with Gasteiger partial charge in [-0.1, -0.05) is 12.1 Å². The highest BCUT2D eigenvalue weighted by molar-refractivity contribution is 5.96. The van der Waals surface area contributed by atoms with Crippen LogP contribution in [0.1, 0.15) is 55.8 Å². The molecule has 4 saturated heterocycles. The predicted molar refractivity (Wildman–Crippen MR) is 126 cm³/mol. The van der Waals surface area contributed by atoms with Crippen molar-refractivity contribution >= 4 is 5.84 Å². The summed E-state index contributed by atoms with van der Waals surface area (Å²) in [5, 5.41) is 0. The van der Waals surface area contributed by atoms with Crippen LogP contribution in [0.5, 0.6) is 0 Å². The van der Waals surface area contributed by atoms with Gasteiger partial charge in [-0.3, -0.25) is 19.8 Å². The Morgan fingerprint density at radius 3 is 2.72 bits per heavy atom. The molecule has 6 heteroatoms. The molecule has 6 nitrogen and oxygen atoms in total. The molecule has 7 rings (SSSR count). The van der Waals surface area contributed by atoms with Gasteiger partial charge in [-0.25, -0.2) is 0 Å². The first-order valence-corrected chi connectivity index (χ1v) is 12.4. The number of aryl methyl sites for hydroxylation is 1. The van der Waals surface area contributed by atoms with Gasteiger partial charge < -0.3 is 9.64 Å². The molecule has 32 heavy (non-hydrogen) atoms. The molecule has 6 aliphatic rings. The Balaban J connectivity index is 1.19. The lowest BCUT2D eigenvalue weighted by Crippen LogP contribution is -2.54. The summed E-state index contributed by atoms with van der Waals surface area (Å²) >= 11 is 0. The number of hydrogen-bond acceptors (Lipinski definition) is 6. The average molecular weight is 434 g/mol. The molecule has 1 unspecified atom stereocenters. The van der Waals surface area contributed by atoms with Crippen LogP contribution in [0.2, 0.25) is 0 Å². The Labute approximate surface area is 191 Å². The molecule has 0 aromatic carbocycles. The second-order valence-corrected chi connectivity index (χ2v) is 10.3. The minimum Gasteiger partial charge on any atom is -0.472 e. The van der Waals surface area contributed by atoms with E-state index < -0.39 is 0 Å². The highest BCUT2D eigenvalue weighted by Gasteiger charge is 2.44. The Kier molecular flexibility index (Phi) is 5.10. The van der Waals surface area contributed by atoms with Crippen LogP contribution in [-0.4, -0.2) is 76.4 Å². The van der Waals surface area contributed by atoms with Gasteiger partial charge in [0.2, 0.25) is 0 Å². The van der Waals surface area contributed by atoms with Gasteiger partial charge in [0.25, 0.3) is 0 Å². The highest BCUT2D eigenvalue weighted by atomic mass is 16.5. The van der Waals surface area contributed by atoms with E-state index in [1.807, 2.05) is 12.3 Å². The topological polar surface area (TPSA) is 44.2 Å². The number of amidine groups is 1. The van der Waals surface area contributed by atoms with Gasteiger partial charge in [0.15, 0.2) is 5.88 Å². The van der Waals surface area contributed by atoms with E-state index in [0.29, 0.717) is 12.1 Å². The maximum Gasteiger partial charge on any atom is 0.195 e. The third-order valence-electron chi connectivity index (χ3n) is 8.47. The largest absolute Gasteiger partial charge is 0.472 e. The van der Waals surface area contributed by atoms with E-state index in [0.717, 1.165) is 37.5 Å². The first kappa shape index (κ1) is 20.4. The number of hydrogen-bond donors (Lipinski definition) is 0. The molecule has 0 spiro atoms. The van der Waals surface area contributed by atoms with Crippen LogP contribution in [0.25, 0.3) is 0 Å². The number of nitrogens with zero attached hydrogens (tertiary/aromatic N) is 5. The molecule has 0 radical (unpaired) electrons. The summed E-state index contributed by atoms with van der Waals surface area (Å²) in [5.74, 6) is 2.08. The SMILES string of the molecule is Cc1cccnc1[C@@H]1CCC[C@H](C2CN3C(OC45CCN(CC4)CC5)=CC=CC3=N2)N1C. The molecular formula is C26H35N5O. The molecule has 0 amide bonds. The molecule has 0 saturated carbocycles. The normalized spacial score (nSPS) is 36.6. The van der Waals surface area contributed by atoms with Crippen LogP contribution < -0.4 is 0 Å². The number of aliphatic imine (C=N–C) groups is 1. The van der Waals surface area contributed by atoms with Crippen molar-refractivity contribution in [2.45, 2.75) is 69.2 Å². The third kappa shape index (κ3) is 3.48. The maximum atomic E-state index is 6.79. The van der Waals surface area contributed by atoms with Gasteiger partial charge in [0.05, 0.1) is 24.3 Å². The number of aromatic nitrogens is 1. The first-order valence-electron chi connectivity index (χ1n) is 12.4. The fourth-order valence-electron chi connectivity index (χ4n) is 6.47. The van der Waals surface area contributed by atoms with Crippen LogP contribution in [0.3, 0.4) is 0 Å². The van der Waals surface area contributed by atoms with Crippen molar-refractivity contribution in [3.63, 3.8) is 0 Å². The number of rotatable bonds is 4. The number of likely N-dealkylation sites (tertiary alicyclic amines) is 1. The molecule has 3 atom stereocenters. The second-order valence-electron chi connectivity index (χ2n) is 10.3. The van der Waals surface area contributed by atoms with Crippen molar-refractivity contribution in [1.82, 2.24) is 19.7 Å². The highest BCUT2D eigenvalue weighted by Crippen LogP contribution is 2.40. The van der Waals surface area contributed by atoms with E-state index in [2.05, 4.69) is 53.0 Å². The lowest BCUT2D eigenvalue weighted by atomic mass is 9.83. The number of likely N-dealkylation sites (N-methyl/N-ethyl adjacent to an activating group) is 1. The average Bonchev–Trinajstić information content (AvgIpc) is 3.26. The fraction of sp³-hybridized carbons (Fsp3) is 0.615. The minimum absolute atomic E-state index is 0.0260. The zero-order valence-corrected chi connectivity index (χ0v) is 19.4. The van der Waals surface area contributed by atoms with Gasteiger partial charge in [0.1, 0.15) is 11.4 Å². The van der Waals surface area contributed by atoms with Crippen LogP contribution in [0, 0.1) is 6.92 Å². The summed E-state index contributed by atoms with van der Waals surface area (Å²) < 4.78 is 6.79. The quantitative estimate of drug-likeness (QED) is 0.725. The van der Waals surface area contributed by atoms with Crippen LogP contribution >= 0.6 is 0 Å². The number of ether oxygens (including phenoxy) is 1. The first-order chi connectivity index (χ1) is 15.6. The van der Waals surface area contributed by atoms with Crippen molar-refractivity contribution < 1.29 is 4.74 Å².